The Kier molecular flexibility index (Phi) is 6.04. The van der Waals surface area contributed by atoms with Crippen molar-refractivity contribution in [2.24, 2.45) is 5.73 Å². The quantitative estimate of drug-likeness (QED) is 0.666. The third-order valence-corrected chi connectivity index (χ3v) is 4.31. The number of rotatable bonds is 5. The first-order valence-corrected chi connectivity index (χ1v) is 7.20. The van der Waals surface area contributed by atoms with Crippen LogP contribution in [0.5, 0.6) is 0 Å². The van der Waals surface area contributed by atoms with Crippen LogP contribution in [0, 0.1) is 0 Å². The minimum absolute atomic E-state index is 0.0621. The van der Waals surface area contributed by atoms with Gasteiger partial charge in [-0.1, -0.05) is 0 Å². The van der Waals surface area contributed by atoms with Gasteiger partial charge >= 0.3 is 110 Å². The third kappa shape index (κ3) is 3.66. The average molecular weight is 329 g/mol. The molecule has 0 aliphatic rings. The van der Waals surface area contributed by atoms with E-state index in [1.165, 1.54) is 11.1 Å². The maximum absolute atomic E-state index is 5.95. The van der Waals surface area contributed by atoms with E-state index < -0.39 is 0 Å². The number of benzene rings is 1. The SMILES string of the molecule is CCSC([O][Sn+3])c1ccccc1C(C)N. The molecule has 0 saturated heterocycles. The summed E-state index contributed by atoms with van der Waals surface area (Å²) in [5.41, 5.74) is 8.48. The monoisotopic (exact) mass is 330 g/mol. The van der Waals surface area contributed by atoms with Gasteiger partial charge in [0.2, 0.25) is 0 Å². The molecule has 0 spiro atoms. The summed E-state index contributed by atoms with van der Waals surface area (Å²) in [7, 11) is 0. The second-order valence-corrected chi connectivity index (χ2v) is 5.33. The summed E-state index contributed by atoms with van der Waals surface area (Å²) in [6.45, 7) is 4.15. The molecule has 0 saturated carbocycles. The van der Waals surface area contributed by atoms with Gasteiger partial charge in [-0.05, 0) is 0 Å². The molecule has 1 aromatic carbocycles. The molecular formula is C11H16NOSSn+3. The molecule has 2 N–H and O–H groups in total. The zero-order valence-corrected chi connectivity index (χ0v) is 12.7. The van der Waals surface area contributed by atoms with Crippen LogP contribution in [0.4, 0.5) is 0 Å². The van der Waals surface area contributed by atoms with E-state index in [0.29, 0.717) is 0 Å². The second-order valence-electron chi connectivity index (χ2n) is 3.32. The van der Waals surface area contributed by atoms with Gasteiger partial charge in [0, 0.05) is 0 Å². The van der Waals surface area contributed by atoms with Crippen molar-refractivity contribution in [3.8, 4) is 0 Å². The van der Waals surface area contributed by atoms with Crippen LogP contribution in [0.2, 0.25) is 0 Å². The van der Waals surface area contributed by atoms with Crippen LogP contribution >= 0.6 is 11.8 Å². The van der Waals surface area contributed by atoms with Crippen LogP contribution in [-0.2, 0) is 3.07 Å². The number of nitrogens with two attached hydrogens (primary N) is 1. The van der Waals surface area contributed by atoms with Crippen molar-refractivity contribution in [2.45, 2.75) is 25.3 Å². The Morgan fingerprint density at radius 1 is 1.40 bits per heavy atom. The van der Waals surface area contributed by atoms with Crippen molar-refractivity contribution in [2.75, 3.05) is 5.75 Å². The van der Waals surface area contributed by atoms with Gasteiger partial charge in [-0.25, -0.2) is 0 Å². The predicted octanol–water partition coefficient (Wildman–Crippen LogP) is 2.56. The van der Waals surface area contributed by atoms with Crippen LogP contribution < -0.4 is 5.73 Å². The Hall–Kier alpha value is 0.289. The molecule has 0 heterocycles. The Bertz CT molecular complexity index is 306. The number of hydrogen-bond acceptors (Lipinski definition) is 3. The van der Waals surface area contributed by atoms with Gasteiger partial charge < -0.3 is 0 Å². The van der Waals surface area contributed by atoms with E-state index in [4.69, 9.17) is 8.81 Å². The molecule has 0 bridgehead atoms. The van der Waals surface area contributed by atoms with Gasteiger partial charge in [-0.15, -0.1) is 0 Å². The fourth-order valence-corrected chi connectivity index (χ4v) is 3.19. The summed E-state index contributed by atoms with van der Waals surface area (Å²) in [6, 6.07) is 8.32. The Morgan fingerprint density at radius 2 is 2.00 bits per heavy atom. The van der Waals surface area contributed by atoms with E-state index in [0.717, 1.165) is 28.7 Å². The van der Waals surface area contributed by atoms with Gasteiger partial charge in [0.1, 0.15) is 0 Å². The summed E-state index contributed by atoms with van der Waals surface area (Å²) >= 11 is 2.91. The molecule has 0 amide bonds. The summed E-state index contributed by atoms with van der Waals surface area (Å²) in [5.74, 6) is 1.05. The molecule has 2 unspecified atom stereocenters. The van der Waals surface area contributed by atoms with E-state index >= 15 is 0 Å². The molecular weight excluding hydrogens is 313 g/mol. The van der Waals surface area contributed by atoms with Gasteiger partial charge in [0.05, 0.1) is 0 Å². The van der Waals surface area contributed by atoms with Crippen molar-refractivity contribution in [3.05, 3.63) is 35.4 Å². The van der Waals surface area contributed by atoms with Crippen LogP contribution in [0.3, 0.4) is 0 Å². The molecule has 0 aliphatic heterocycles. The van der Waals surface area contributed by atoms with Crippen molar-refractivity contribution in [3.63, 3.8) is 0 Å². The van der Waals surface area contributed by atoms with Crippen molar-refractivity contribution < 1.29 is 3.07 Å². The van der Waals surface area contributed by atoms with Crippen LogP contribution in [0.25, 0.3) is 0 Å². The fraction of sp³-hybridized carbons (Fsp3) is 0.455. The zero-order valence-electron chi connectivity index (χ0n) is 9.07. The number of thioether (sulfide) groups is 1. The van der Waals surface area contributed by atoms with Gasteiger partial charge in [-0.2, -0.15) is 0 Å². The first-order valence-electron chi connectivity index (χ1n) is 4.99. The van der Waals surface area contributed by atoms with E-state index in [1.807, 2.05) is 19.1 Å². The Labute approximate surface area is 110 Å². The Morgan fingerprint density at radius 3 is 2.47 bits per heavy atom. The van der Waals surface area contributed by atoms with E-state index in [2.05, 4.69) is 19.1 Å². The second kappa shape index (κ2) is 6.78. The van der Waals surface area contributed by atoms with E-state index in [1.54, 1.807) is 11.8 Å². The van der Waals surface area contributed by atoms with Gasteiger partial charge in [-0.3, -0.25) is 0 Å². The normalized spacial score (nSPS) is 15.0. The zero-order chi connectivity index (χ0) is 11.3. The fourth-order valence-electron chi connectivity index (χ4n) is 1.48. The molecule has 78 valence electrons. The summed E-state index contributed by atoms with van der Waals surface area (Å²) in [4.78, 5) is 0. The predicted molar refractivity (Wildman–Crippen MR) is 66.8 cm³/mol. The Balaban J connectivity index is 2.99. The summed E-state index contributed by atoms with van der Waals surface area (Å²) in [5, 5.41) is 0. The molecule has 2 atom stereocenters. The van der Waals surface area contributed by atoms with E-state index in [-0.39, 0.29) is 11.5 Å². The first-order chi connectivity index (χ1) is 7.20. The minimum atomic E-state index is 0.0621. The summed E-state index contributed by atoms with van der Waals surface area (Å²) < 4.78 is 5.56. The molecule has 2 nitrogen and oxygen atoms in total. The van der Waals surface area contributed by atoms with Gasteiger partial charge in [0.25, 0.3) is 0 Å². The van der Waals surface area contributed by atoms with Crippen LogP contribution in [-0.4, -0.2) is 28.7 Å². The van der Waals surface area contributed by atoms with Crippen molar-refractivity contribution in [1.29, 1.82) is 0 Å². The van der Waals surface area contributed by atoms with Crippen molar-refractivity contribution in [1.82, 2.24) is 0 Å². The molecule has 0 radical (unpaired) electrons. The molecule has 1 aromatic rings. The standard InChI is InChI=1S/C11H16NOS.Sn/c1-3-14-11(13)10-7-5-4-6-9(10)8(2)12;/h4-8,11H,3,12H2,1-2H3;/q-1;+4. The van der Waals surface area contributed by atoms with Gasteiger partial charge in [0.15, 0.2) is 0 Å². The molecule has 0 fully saturated rings. The number of hydrogen-bond donors (Lipinski definition) is 1. The average Bonchev–Trinajstić information content (AvgIpc) is 2.26. The molecule has 4 heteroatoms. The summed E-state index contributed by atoms with van der Waals surface area (Å²) in [6.07, 6.45) is 0. The molecule has 15 heavy (non-hydrogen) atoms. The third-order valence-electron chi connectivity index (χ3n) is 2.17. The van der Waals surface area contributed by atoms with Crippen molar-refractivity contribution >= 4 is 34.7 Å². The molecule has 0 aliphatic carbocycles. The van der Waals surface area contributed by atoms with Crippen LogP contribution in [0.1, 0.15) is 36.5 Å². The molecule has 0 aromatic heterocycles. The topological polar surface area (TPSA) is 35.2 Å². The van der Waals surface area contributed by atoms with E-state index in [9.17, 15) is 0 Å². The maximum atomic E-state index is 5.95. The van der Waals surface area contributed by atoms with Crippen LogP contribution in [0.15, 0.2) is 24.3 Å². The molecule has 1 rings (SSSR count). The first kappa shape index (κ1) is 13.4.